The Hall–Kier alpha value is -1.44. The molecule has 3 rings (SSSR count). The van der Waals surface area contributed by atoms with Gasteiger partial charge in [0.25, 0.3) is 0 Å². The second-order valence-corrected chi connectivity index (χ2v) is 6.15. The van der Waals surface area contributed by atoms with Crippen molar-refractivity contribution in [3.8, 4) is 0 Å². The SMILES string of the molecule is OCCNc1nc(NCC2CCOCC2)cc([C@@H]2CCOC2)n1. The van der Waals surface area contributed by atoms with E-state index >= 15 is 0 Å². The van der Waals surface area contributed by atoms with Gasteiger partial charge in [0.2, 0.25) is 5.95 Å². The Bertz CT molecular complexity index is 488. The summed E-state index contributed by atoms with van der Waals surface area (Å²) in [5, 5.41) is 15.5. The van der Waals surface area contributed by atoms with E-state index in [4.69, 9.17) is 14.6 Å². The van der Waals surface area contributed by atoms with Crippen molar-refractivity contribution in [1.29, 1.82) is 0 Å². The summed E-state index contributed by atoms with van der Waals surface area (Å²) in [6.45, 7) is 4.62. The molecule has 0 spiro atoms. The van der Waals surface area contributed by atoms with Crippen molar-refractivity contribution in [2.24, 2.45) is 5.92 Å². The van der Waals surface area contributed by atoms with Gasteiger partial charge in [-0.25, -0.2) is 4.98 Å². The summed E-state index contributed by atoms with van der Waals surface area (Å²) in [6, 6.07) is 2.03. The first kappa shape index (κ1) is 16.4. The van der Waals surface area contributed by atoms with Crippen molar-refractivity contribution >= 4 is 11.8 Å². The van der Waals surface area contributed by atoms with E-state index in [2.05, 4.69) is 20.6 Å². The zero-order chi connectivity index (χ0) is 15.9. The minimum absolute atomic E-state index is 0.0605. The van der Waals surface area contributed by atoms with Crippen LogP contribution in [-0.4, -0.2) is 61.2 Å². The molecule has 2 saturated heterocycles. The maximum Gasteiger partial charge on any atom is 0.224 e. The minimum atomic E-state index is 0.0605. The van der Waals surface area contributed by atoms with Gasteiger partial charge in [-0.1, -0.05) is 0 Å². The number of anilines is 2. The van der Waals surface area contributed by atoms with Crippen LogP contribution in [0.25, 0.3) is 0 Å². The summed E-state index contributed by atoms with van der Waals surface area (Å²) in [6.07, 6.45) is 3.18. The van der Waals surface area contributed by atoms with E-state index < -0.39 is 0 Å². The number of aliphatic hydroxyl groups excluding tert-OH is 1. The highest BCUT2D eigenvalue weighted by Crippen LogP contribution is 2.26. The van der Waals surface area contributed by atoms with Crippen molar-refractivity contribution in [1.82, 2.24) is 9.97 Å². The molecule has 0 bridgehead atoms. The van der Waals surface area contributed by atoms with Gasteiger partial charge in [-0.2, -0.15) is 4.98 Å². The molecule has 2 aliphatic rings. The summed E-state index contributed by atoms with van der Waals surface area (Å²) in [4.78, 5) is 9.08. The van der Waals surface area contributed by atoms with Gasteiger partial charge in [0.1, 0.15) is 5.82 Å². The first-order valence-corrected chi connectivity index (χ1v) is 8.48. The molecule has 1 atom stereocenters. The molecule has 3 N–H and O–H groups in total. The van der Waals surface area contributed by atoms with Crippen LogP contribution in [0.5, 0.6) is 0 Å². The molecule has 1 aromatic heterocycles. The standard InChI is InChI=1S/C16H26N4O3/c21-5-4-17-16-19-14(13-3-8-23-11-13)9-15(20-16)18-10-12-1-6-22-7-2-12/h9,12-13,21H,1-8,10-11H2,(H2,17,18,19,20)/t13-/m1/s1. The minimum Gasteiger partial charge on any atom is -0.395 e. The zero-order valence-electron chi connectivity index (χ0n) is 13.5. The number of aliphatic hydroxyl groups is 1. The first-order valence-electron chi connectivity index (χ1n) is 8.48. The molecule has 3 heterocycles. The van der Waals surface area contributed by atoms with Gasteiger partial charge in [0, 0.05) is 44.9 Å². The number of aromatic nitrogens is 2. The predicted octanol–water partition coefficient (Wildman–Crippen LogP) is 1.22. The van der Waals surface area contributed by atoms with E-state index in [9.17, 15) is 0 Å². The van der Waals surface area contributed by atoms with Crippen molar-refractivity contribution in [2.45, 2.75) is 25.2 Å². The molecule has 2 fully saturated rings. The van der Waals surface area contributed by atoms with E-state index in [1.165, 1.54) is 0 Å². The van der Waals surface area contributed by atoms with Crippen LogP contribution in [0.15, 0.2) is 6.07 Å². The van der Waals surface area contributed by atoms with Crippen molar-refractivity contribution in [2.75, 3.05) is 56.8 Å². The van der Waals surface area contributed by atoms with Crippen LogP contribution in [0.1, 0.15) is 30.9 Å². The number of hydrogen-bond donors (Lipinski definition) is 3. The monoisotopic (exact) mass is 322 g/mol. The molecule has 7 nitrogen and oxygen atoms in total. The third-order valence-electron chi connectivity index (χ3n) is 4.40. The molecule has 0 radical (unpaired) electrons. The first-order chi connectivity index (χ1) is 11.3. The Balaban J connectivity index is 1.67. The maximum absolute atomic E-state index is 8.99. The van der Waals surface area contributed by atoms with Crippen LogP contribution in [-0.2, 0) is 9.47 Å². The average molecular weight is 322 g/mol. The quantitative estimate of drug-likeness (QED) is 0.695. The molecule has 1 aromatic rings. The van der Waals surface area contributed by atoms with Gasteiger partial charge in [-0.3, -0.25) is 0 Å². The summed E-state index contributed by atoms with van der Waals surface area (Å²) in [7, 11) is 0. The Kier molecular flexibility index (Phi) is 6.01. The van der Waals surface area contributed by atoms with Gasteiger partial charge in [-0.05, 0) is 25.2 Å². The van der Waals surface area contributed by atoms with Gasteiger partial charge >= 0.3 is 0 Å². The lowest BCUT2D eigenvalue weighted by atomic mass is 10.0. The van der Waals surface area contributed by atoms with Crippen LogP contribution in [0.3, 0.4) is 0 Å². The average Bonchev–Trinajstić information content (AvgIpc) is 3.14. The normalized spacial score (nSPS) is 22.2. The lowest BCUT2D eigenvalue weighted by Gasteiger charge is -2.22. The molecular weight excluding hydrogens is 296 g/mol. The fourth-order valence-electron chi connectivity index (χ4n) is 2.98. The van der Waals surface area contributed by atoms with Crippen LogP contribution in [0.4, 0.5) is 11.8 Å². The second kappa shape index (κ2) is 8.42. The fourth-order valence-corrected chi connectivity index (χ4v) is 2.98. The molecule has 2 aliphatic heterocycles. The van der Waals surface area contributed by atoms with Crippen LogP contribution >= 0.6 is 0 Å². The summed E-state index contributed by atoms with van der Waals surface area (Å²) in [5.74, 6) is 2.37. The molecule has 23 heavy (non-hydrogen) atoms. The van der Waals surface area contributed by atoms with E-state index in [-0.39, 0.29) is 6.61 Å². The molecule has 0 saturated carbocycles. The van der Waals surface area contributed by atoms with Gasteiger partial charge in [-0.15, -0.1) is 0 Å². The van der Waals surface area contributed by atoms with Crippen molar-refractivity contribution < 1.29 is 14.6 Å². The molecule has 0 amide bonds. The fraction of sp³-hybridized carbons (Fsp3) is 0.750. The third kappa shape index (κ3) is 4.76. The molecule has 0 unspecified atom stereocenters. The zero-order valence-corrected chi connectivity index (χ0v) is 13.5. The lowest BCUT2D eigenvalue weighted by Crippen LogP contribution is -2.23. The van der Waals surface area contributed by atoms with E-state index in [1.807, 2.05) is 6.07 Å². The van der Waals surface area contributed by atoms with Crippen molar-refractivity contribution in [3.05, 3.63) is 11.8 Å². The molecule has 128 valence electrons. The second-order valence-electron chi connectivity index (χ2n) is 6.15. The molecule has 0 aliphatic carbocycles. The molecule has 7 heteroatoms. The van der Waals surface area contributed by atoms with Gasteiger partial charge in [0.05, 0.1) is 18.9 Å². The Morgan fingerprint density at radius 2 is 1.91 bits per heavy atom. The smallest absolute Gasteiger partial charge is 0.224 e. The van der Waals surface area contributed by atoms with Gasteiger partial charge < -0.3 is 25.2 Å². The summed E-state index contributed by atoms with van der Waals surface area (Å²) < 4.78 is 10.9. The third-order valence-corrected chi connectivity index (χ3v) is 4.40. The highest BCUT2D eigenvalue weighted by atomic mass is 16.5. The number of nitrogens with one attached hydrogen (secondary N) is 2. The summed E-state index contributed by atoms with van der Waals surface area (Å²) in [5.41, 5.74) is 1.01. The van der Waals surface area contributed by atoms with E-state index in [0.29, 0.717) is 24.3 Å². The summed E-state index contributed by atoms with van der Waals surface area (Å²) >= 11 is 0. The van der Waals surface area contributed by atoms with Crippen molar-refractivity contribution in [3.63, 3.8) is 0 Å². The largest absolute Gasteiger partial charge is 0.395 e. The van der Waals surface area contributed by atoms with Crippen LogP contribution in [0.2, 0.25) is 0 Å². The van der Waals surface area contributed by atoms with E-state index in [1.54, 1.807) is 0 Å². The number of ether oxygens (including phenoxy) is 2. The highest BCUT2D eigenvalue weighted by molar-refractivity contribution is 5.43. The predicted molar refractivity (Wildman–Crippen MR) is 87.8 cm³/mol. The Labute approximate surface area is 136 Å². The van der Waals surface area contributed by atoms with Crippen LogP contribution in [0, 0.1) is 5.92 Å². The van der Waals surface area contributed by atoms with Gasteiger partial charge in [0.15, 0.2) is 0 Å². The Morgan fingerprint density at radius 1 is 1.09 bits per heavy atom. The lowest BCUT2D eigenvalue weighted by molar-refractivity contribution is 0.0699. The van der Waals surface area contributed by atoms with E-state index in [0.717, 1.165) is 63.7 Å². The number of hydrogen-bond acceptors (Lipinski definition) is 7. The molecular formula is C16H26N4O3. The number of rotatable bonds is 7. The Morgan fingerprint density at radius 3 is 2.65 bits per heavy atom. The number of nitrogens with zero attached hydrogens (tertiary/aromatic N) is 2. The topological polar surface area (TPSA) is 88.5 Å². The molecule has 0 aromatic carbocycles. The van der Waals surface area contributed by atoms with Crippen LogP contribution < -0.4 is 10.6 Å². The maximum atomic E-state index is 8.99. The highest BCUT2D eigenvalue weighted by Gasteiger charge is 2.21.